The van der Waals surface area contributed by atoms with Gasteiger partial charge < -0.3 is 5.32 Å². The van der Waals surface area contributed by atoms with Crippen molar-refractivity contribution in [1.29, 1.82) is 0 Å². The standard InChI is InChI=1S/C9H18FN/c1-3-8(4-2)9(10)5-6-11-7-9/h8,11H,3-7H2,1-2H3. The van der Waals surface area contributed by atoms with Gasteiger partial charge in [-0.25, -0.2) is 4.39 Å². The Kier molecular flexibility index (Phi) is 2.88. The summed E-state index contributed by atoms with van der Waals surface area (Å²) in [5, 5.41) is 3.09. The molecule has 11 heavy (non-hydrogen) atoms. The van der Waals surface area contributed by atoms with E-state index in [0.29, 0.717) is 13.0 Å². The van der Waals surface area contributed by atoms with Crippen LogP contribution in [-0.4, -0.2) is 18.8 Å². The van der Waals surface area contributed by atoms with Crippen molar-refractivity contribution in [2.24, 2.45) is 5.92 Å². The van der Waals surface area contributed by atoms with Crippen LogP contribution in [0.2, 0.25) is 0 Å². The van der Waals surface area contributed by atoms with Crippen molar-refractivity contribution in [1.82, 2.24) is 5.32 Å². The molecule has 1 saturated heterocycles. The molecule has 0 bridgehead atoms. The number of hydrogen-bond acceptors (Lipinski definition) is 1. The molecule has 1 aliphatic heterocycles. The minimum atomic E-state index is -0.899. The normalized spacial score (nSPS) is 31.6. The van der Waals surface area contributed by atoms with Crippen LogP contribution < -0.4 is 5.32 Å². The molecule has 0 aliphatic carbocycles. The van der Waals surface area contributed by atoms with Gasteiger partial charge >= 0.3 is 0 Å². The third-order valence-electron chi connectivity index (χ3n) is 2.85. The molecular formula is C9H18FN. The summed E-state index contributed by atoms with van der Waals surface area (Å²) >= 11 is 0. The van der Waals surface area contributed by atoms with Gasteiger partial charge in [-0.05, 0) is 18.9 Å². The molecule has 66 valence electrons. The van der Waals surface area contributed by atoms with Gasteiger partial charge in [0.05, 0.1) is 0 Å². The highest BCUT2D eigenvalue weighted by Gasteiger charge is 2.39. The summed E-state index contributed by atoms with van der Waals surface area (Å²) in [4.78, 5) is 0. The molecule has 1 heterocycles. The molecule has 1 atom stereocenters. The van der Waals surface area contributed by atoms with Gasteiger partial charge in [-0.2, -0.15) is 0 Å². The highest BCUT2D eigenvalue weighted by molar-refractivity contribution is 4.93. The molecule has 2 heteroatoms. The number of rotatable bonds is 3. The predicted molar refractivity (Wildman–Crippen MR) is 45.4 cm³/mol. The topological polar surface area (TPSA) is 12.0 Å². The second kappa shape index (κ2) is 3.53. The van der Waals surface area contributed by atoms with Crippen LogP contribution in [0.4, 0.5) is 4.39 Å². The quantitative estimate of drug-likeness (QED) is 0.665. The average molecular weight is 159 g/mol. The fourth-order valence-electron chi connectivity index (χ4n) is 2.05. The summed E-state index contributed by atoms with van der Waals surface area (Å²) < 4.78 is 13.9. The van der Waals surface area contributed by atoms with Crippen molar-refractivity contribution in [3.63, 3.8) is 0 Å². The summed E-state index contributed by atoms with van der Waals surface area (Å²) in [6.45, 7) is 5.58. The molecule has 0 aromatic carbocycles. The van der Waals surface area contributed by atoms with E-state index in [2.05, 4.69) is 19.2 Å². The minimum absolute atomic E-state index is 0.262. The maximum Gasteiger partial charge on any atom is 0.127 e. The summed E-state index contributed by atoms with van der Waals surface area (Å²) in [7, 11) is 0. The van der Waals surface area contributed by atoms with Crippen molar-refractivity contribution in [3.05, 3.63) is 0 Å². The Hall–Kier alpha value is -0.110. The highest BCUT2D eigenvalue weighted by atomic mass is 19.1. The fourth-order valence-corrected chi connectivity index (χ4v) is 2.05. The largest absolute Gasteiger partial charge is 0.313 e. The Morgan fingerprint density at radius 1 is 1.45 bits per heavy atom. The summed E-state index contributed by atoms with van der Waals surface area (Å²) in [6.07, 6.45) is 2.64. The Morgan fingerprint density at radius 2 is 2.09 bits per heavy atom. The van der Waals surface area contributed by atoms with Gasteiger partial charge in [0.2, 0.25) is 0 Å². The molecule has 0 spiro atoms. The molecule has 0 aromatic heterocycles. The Bertz CT molecular complexity index is 115. The summed E-state index contributed by atoms with van der Waals surface area (Å²) in [6, 6.07) is 0. The van der Waals surface area contributed by atoms with E-state index < -0.39 is 5.67 Å². The monoisotopic (exact) mass is 159 g/mol. The Morgan fingerprint density at radius 3 is 2.45 bits per heavy atom. The second-order valence-corrected chi connectivity index (χ2v) is 3.47. The maximum atomic E-state index is 13.9. The molecule has 0 radical (unpaired) electrons. The van der Waals surface area contributed by atoms with Crippen molar-refractivity contribution in [3.8, 4) is 0 Å². The lowest BCUT2D eigenvalue weighted by Gasteiger charge is -2.27. The van der Waals surface area contributed by atoms with Crippen LogP contribution in [0.5, 0.6) is 0 Å². The van der Waals surface area contributed by atoms with Crippen molar-refractivity contribution >= 4 is 0 Å². The summed E-state index contributed by atoms with van der Waals surface area (Å²) in [5.41, 5.74) is -0.899. The summed E-state index contributed by atoms with van der Waals surface area (Å²) in [5.74, 6) is 0.262. The van der Waals surface area contributed by atoms with Crippen LogP contribution in [0.25, 0.3) is 0 Å². The van der Waals surface area contributed by atoms with Crippen molar-refractivity contribution in [2.75, 3.05) is 13.1 Å². The number of nitrogens with one attached hydrogen (secondary N) is 1. The molecule has 1 nitrogen and oxygen atoms in total. The highest BCUT2D eigenvalue weighted by Crippen LogP contribution is 2.33. The SMILES string of the molecule is CCC(CC)C1(F)CCNC1. The van der Waals surface area contributed by atoms with Crippen LogP contribution in [0.15, 0.2) is 0 Å². The van der Waals surface area contributed by atoms with E-state index in [-0.39, 0.29) is 5.92 Å². The van der Waals surface area contributed by atoms with E-state index in [1.165, 1.54) is 0 Å². The van der Waals surface area contributed by atoms with Crippen LogP contribution in [-0.2, 0) is 0 Å². The zero-order chi connectivity index (χ0) is 8.32. The molecule has 1 N–H and O–H groups in total. The van der Waals surface area contributed by atoms with Gasteiger partial charge in [0.1, 0.15) is 5.67 Å². The zero-order valence-electron chi connectivity index (χ0n) is 7.49. The first-order valence-corrected chi connectivity index (χ1v) is 4.62. The number of halogens is 1. The van der Waals surface area contributed by atoms with E-state index in [4.69, 9.17) is 0 Å². The molecule has 0 aromatic rings. The van der Waals surface area contributed by atoms with E-state index in [9.17, 15) is 4.39 Å². The van der Waals surface area contributed by atoms with Gasteiger partial charge in [-0.1, -0.05) is 26.7 Å². The van der Waals surface area contributed by atoms with E-state index in [1.54, 1.807) is 0 Å². The Labute approximate surface area is 68.4 Å². The van der Waals surface area contributed by atoms with Crippen LogP contribution >= 0.6 is 0 Å². The smallest absolute Gasteiger partial charge is 0.127 e. The molecule has 1 rings (SSSR count). The van der Waals surface area contributed by atoms with E-state index in [1.807, 2.05) is 0 Å². The van der Waals surface area contributed by atoms with Crippen molar-refractivity contribution < 1.29 is 4.39 Å². The minimum Gasteiger partial charge on any atom is -0.313 e. The van der Waals surface area contributed by atoms with Gasteiger partial charge in [-0.15, -0.1) is 0 Å². The second-order valence-electron chi connectivity index (χ2n) is 3.47. The maximum absolute atomic E-state index is 13.9. The van der Waals surface area contributed by atoms with Crippen molar-refractivity contribution in [2.45, 2.75) is 38.8 Å². The average Bonchev–Trinajstić information content (AvgIpc) is 2.39. The molecule has 0 amide bonds. The predicted octanol–water partition coefficient (Wildman–Crippen LogP) is 2.12. The molecule has 1 unspecified atom stereocenters. The first-order valence-electron chi connectivity index (χ1n) is 4.62. The first-order chi connectivity index (χ1) is 5.23. The lowest BCUT2D eigenvalue weighted by Crippen LogP contribution is -2.34. The van der Waals surface area contributed by atoms with Crippen LogP contribution in [0, 0.1) is 5.92 Å². The van der Waals surface area contributed by atoms with E-state index in [0.717, 1.165) is 19.4 Å². The molecular weight excluding hydrogens is 141 g/mol. The van der Waals surface area contributed by atoms with Gasteiger partial charge in [0.25, 0.3) is 0 Å². The number of hydrogen-bond donors (Lipinski definition) is 1. The van der Waals surface area contributed by atoms with Gasteiger partial charge in [0, 0.05) is 6.54 Å². The number of alkyl halides is 1. The molecule has 1 aliphatic rings. The van der Waals surface area contributed by atoms with Crippen LogP contribution in [0.3, 0.4) is 0 Å². The fraction of sp³-hybridized carbons (Fsp3) is 1.00. The lowest BCUT2D eigenvalue weighted by molar-refractivity contribution is 0.0969. The van der Waals surface area contributed by atoms with Gasteiger partial charge in [-0.3, -0.25) is 0 Å². The molecule has 0 saturated carbocycles. The first kappa shape index (κ1) is 8.98. The van der Waals surface area contributed by atoms with Crippen LogP contribution in [0.1, 0.15) is 33.1 Å². The lowest BCUT2D eigenvalue weighted by atomic mass is 9.84. The molecule has 1 fully saturated rings. The Balaban J connectivity index is 2.53. The van der Waals surface area contributed by atoms with Gasteiger partial charge in [0.15, 0.2) is 0 Å². The van der Waals surface area contributed by atoms with E-state index >= 15 is 0 Å². The third kappa shape index (κ3) is 1.73. The zero-order valence-corrected chi connectivity index (χ0v) is 7.49. The third-order valence-corrected chi connectivity index (χ3v) is 2.85.